The molecular formula is C18H34N4O6S2. The second kappa shape index (κ2) is 14.5. The number of carbonyl (C=O) groups is 4. The van der Waals surface area contributed by atoms with E-state index in [1.807, 2.05) is 13.2 Å². The van der Waals surface area contributed by atoms with E-state index < -0.39 is 54.0 Å². The lowest BCUT2D eigenvalue weighted by Gasteiger charge is -2.26. The molecule has 6 atom stereocenters. The van der Waals surface area contributed by atoms with Crippen LogP contribution in [-0.4, -0.2) is 81.9 Å². The zero-order valence-corrected chi connectivity index (χ0v) is 19.5. The topological polar surface area (TPSA) is 171 Å². The van der Waals surface area contributed by atoms with Crippen molar-refractivity contribution in [2.45, 2.75) is 63.9 Å². The Morgan fingerprint density at radius 1 is 1.03 bits per heavy atom. The molecule has 0 saturated heterocycles. The average molecular weight is 467 g/mol. The summed E-state index contributed by atoms with van der Waals surface area (Å²) in [6.07, 6.45) is 1.56. The van der Waals surface area contributed by atoms with Crippen LogP contribution >= 0.6 is 24.4 Å². The van der Waals surface area contributed by atoms with Crippen LogP contribution in [0.3, 0.4) is 0 Å². The van der Waals surface area contributed by atoms with Crippen LogP contribution in [0.1, 0.15) is 33.6 Å². The van der Waals surface area contributed by atoms with E-state index in [1.54, 1.807) is 6.92 Å². The smallest absolute Gasteiger partial charge is 0.326 e. The van der Waals surface area contributed by atoms with Crippen molar-refractivity contribution < 1.29 is 29.4 Å². The fraction of sp³-hybridized carbons (Fsp3) is 0.778. The average Bonchev–Trinajstić information content (AvgIpc) is 2.70. The number of carbonyl (C=O) groups excluding carboxylic acids is 3. The van der Waals surface area contributed by atoms with Gasteiger partial charge in [-0.2, -0.15) is 24.4 Å². The van der Waals surface area contributed by atoms with Gasteiger partial charge in [-0.25, -0.2) is 4.79 Å². The van der Waals surface area contributed by atoms with Gasteiger partial charge in [-0.1, -0.05) is 20.3 Å². The van der Waals surface area contributed by atoms with E-state index in [-0.39, 0.29) is 18.1 Å². The molecule has 0 spiro atoms. The van der Waals surface area contributed by atoms with Gasteiger partial charge in [0.05, 0.1) is 6.10 Å². The number of hydrogen-bond acceptors (Lipinski definition) is 8. The first-order chi connectivity index (χ1) is 14.0. The van der Waals surface area contributed by atoms with Crippen LogP contribution in [0.2, 0.25) is 0 Å². The zero-order chi connectivity index (χ0) is 23.4. The zero-order valence-electron chi connectivity index (χ0n) is 17.8. The number of amides is 3. The van der Waals surface area contributed by atoms with Crippen LogP contribution in [0.5, 0.6) is 0 Å². The number of thioether (sulfide) groups is 1. The highest BCUT2D eigenvalue weighted by Gasteiger charge is 2.31. The molecule has 0 rings (SSSR count). The molecule has 0 aromatic rings. The highest BCUT2D eigenvalue weighted by Crippen LogP contribution is 2.09. The Morgan fingerprint density at radius 3 is 2.00 bits per heavy atom. The maximum atomic E-state index is 12.7. The first kappa shape index (κ1) is 28.5. The van der Waals surface area contributed by atoms with Crippen molar-refractivity contribution in [1.29, 1.82) is 0 Å². The third-order valence-corrected chi connectivity index (χ3v) is 5.67. The second-order valence-corrected chi connectivity index (χ2v) is 8.41. The van der Waals surface area contributed by atoms with Gasteiger partial charge in [-0.15, -0.1) is 0 Å². The molecule has 0 bridgehead atoms. The maximum Gasteiger partial charge on any atom is 0.326 e. The van der Waals surface area contributed by atoms with Crippen LogP contribution in [0.4, 0.5) is 0 Å². The molecule has 30 heavy (non-hydrogen) atoms. The van der Waals surface area contributed by atoms with E-state index in [1.165, 1.54) is 18.7 Å². The van der Waals surface area contributed by atoms with Crippen molar-refractivity contribution >= 4 is 48.1 Å². The van der Waals surface area contributed by atoms with Gasteiger partial charge in [0.15, 0.2) is 0 Å². The summed E-state index contributed by atoms with van der Waals surface area (Å²) in [6, 6.07) is -4.37. The molecule has 0 heterocycles. The SMILES string of the molecule is CCC(C)C(NC(=O)C(CS)NC(=O)C(CCSC)NC(=O)C(N)C(C)O)C(=O)O. The van der Waals surface area contributed by atoms with E-state index >= 15 is 0 Å². The number of nitrogens with one attached hydrogen (secondary N) is 3. The van der Waals surface area contributed by atoms with Crippen LogP contribution < -0.4 is 21.7 Å². The Hall–Kier alpha value is -1.50. The molecule has 0 aliphatic rings. The lowest BCUT2D eigenvalue weighted by molar-refractivity contribution is -0.143. The van der Waals surface area contributed by atoms with Crippen LogP contribution in [-0.2, 0) is 19.2 Å². The van der Waals surface area contributed by atoms with Gasteiger partial charge >= 0.3 is 5.97 Å². The predicted octanol–water partition coefficient (Wildman–Crippen LogP) is -1.04. The molecule has 12 heteroatoms. The summed E-state index contributed by atoms with van der Waals surface area (Å²) < 4.78 is 0. The summed E-state index contributed by atoms with van der Waals surface area (Å²) in [5.74, 6) is -2.99. The molecule has 0 aliphatic carbocycles. The van der Waals surface area contributed by atoms with Crippen LogP contribution in [0.25, 0.3) is 0 Å². The number of carboxylic acids is 1. The third-order valence-electron chi connectivity index (χ3n) is 4.66. The van der Waals surface area contributed by atoms with Gasteiger partial charge in [-0.05, 0) is 31.3 Å². The Kier molecular flexibility index (Phi) is 13.8. The number of rotatable bonds is 14. The van der Waals surface area contributed by atoms with Gasteiger partial charge < -0.3 is 31.9 Å². The van der Waals surface area contributed by atoms with Crippen molar-refractivity contribution in [2.24, 2.45) is 11.7 Å². The predicted molar refractivity (Wildman–Crippen MR) is 119 cm³/mol. The summed E-state index contributed by atoms with van der Waals surface area (Å²) >= 11 is 5.55. The minimum absolute atomic E-state index is 0.0687. The van der Waals surface area contributed by atoms with Gasteiger partial charge in [0.1, 0.15) is 24.2 Å². The molecule has 7 N–H and O–H groups in total. The Morgan fingerprint density at radius 2 is 1.57 bits per heavy atom. The molecule has 0 aliphatic heterocycles. The summed E-state index contributed by atoms with van der Waals surface area (Å²) in [6.45, 7) is 4.87. The molecule has 0 saturated carbocycles. The van der Waals surface area contributed by atoms with Crippen molar-refractivity contribution in [3.63, 3.8) is 0 Å². The number of hydrogen-bond donors (Lipinski definition) is 7. The Balaban J connectivity index is 5.24. The quantitative estimate of drug-likeness (QED) is 0.159. The second-order valence-electron chi connectivity index (χ2n) is 7.06. The molecule has 174 valence electrons. The lowest BCUT2D eigenvalue weighted by atomic mass is 9.99. The Bertz CT molecular complexity index is 593. The van der Waals surface area contributed by atoms with Crippen molar-refractivity contribution in [1.82, 2.24) is 16.0 Å². The highest BCUT2D eigenvalue weighted by atomic mass is 32.2. The van der Waals surface area contributed by atoms with E-state index in [2.05, 4.69) is 28.6 Å². The molecule has 0 radical (unpaired) electrons. The number of aliphatic carboxylic acids is 1. The number of thiol groups is 1. The van der Waals surface area contributed by atoms with E-state index in [0.29, 0.717) is 12.2 Å². The first-order valence-corrected chi connectivity index (χ1v) is 11.7. The van der Waals surface area contributed by atoms with Gasteiger partial charge in [0.25, 0.3) is 0 Å². The Labute approximate surface area is 186 Å². The van der Waals surface area contributed by atoms with Crippen molar-refractivity contribution in [3.05, 3.63) is 0 Å². The van der Waals surface area contributed by atoms with Crippen LogP contribution in [0, 0.1) is 5.92 Å². The lowest BCUT2D eigenvalue weighted by Crippen LogP contribution is -2.59. The van der Waals surface area contributed by atoms with Crippen molar-refractivity contribution in [2.75, 3.05) is 17.8 Å². The highest BCUT2D eigenvalue weighted by molar-refractivity contribution is 7.98. The third kappa shape index (κ3) is 9.54. The minimum Gasteiger partial charge on any atom is -0.480 e. The monoisotopic (exact) mass is 466 g/mol. The van der Waals surface area contributed by atoms with Gasteiger partial charge in [0, 0.05) is 5.75 Å². The molecule has 10 nitrogen and oxygen atoms in total. The molecule has 0 aromatic carbocycles. The van der Waals surface area contributed by atoms with Crippen LogP contribution in [0.15, 0.2) is 0 Å². The molecular weight excluding hydrogens is 432 g/mol. The standard InChI is InChI=1S/C18H34N4O6S2/c1-5-9(2)14(18(27)28)22-16(25)12(8-29)21-15(24)11(6-7-30-4)20-17(26)13(19)10(3)23/h9-14,23,29H,5-8,19H2,1-4H3,(H,20,26)(H,21,24)(H,22,25)(H,27,28). The normalized spacial score (nSPS) is 17.0. The summed E-state index contributed by atoms with van der Waals surface area (Å²) in [7, 11) is 0. The summed E-state index contributed by atoms with van der Waals surface area (Å²) in [5, 5.41) is 26.2. The number of aliphatic hydroxyl groups is 1. The minimum atomic E-state index is -1.20. The molecule has 6 unspecified atom stereocenters. The number of nitrogens with two attached hydrogens (primary N) is 1. The maximum absolute atomic E-state index is 12.7. The van der Waals surface area contributed by atoms with Gasteiger partial charge in [0.2, 0.25) is 17.7 Å². The first-order valence-electron chi connectivity index (χ1n) is 9.67. The van der Waals surface area contributed by atoms with E-state index in [9.17, 15) is 29.4 Å². The number of aliphatic hydroxyl groups excluding tert-OH is 1. The number of carboxylic acid groups (broad SMARTS) is 1. The van der Waals surface area contributed by atoms with Crippen molar-refractivity contribution in [3.8, 4) is 0 Å². The summed E-state index contributed by atoms with van der Waals surface area (Å²) in [4.78, 5) is 48.8. The molecule has 0 aromatic heterocycles. The summed E-state index contributed by atoms with van der Waals surface area (Å²) in [5.41, 5.74) is 5.61. The fourth-order valence-corrected chi connectivity index (χ4v) is 3.12. The fourth-order valence-electron chi connectivity index (χ4n) is 2.39. The van der Waals surface area contributed by atoms with E-state index in [4.69, 9.17) is 5.73 Å². The van der Waals surface area contributed by atoms with Gasteiger partial charge in [-0.3, -0.25) is 14.4 Å². The van der Waals surface area contributed by atoms with E-state index in [0.717, 1.165) is 0 Å². The molecule has 0 fully saturated rings. The largest absolute Gasteiger partial charge is 0.480 e. The molecule has 3 amide bonds.